The summed E-state index contributed by atoms with van der Waals surface area (Å²) in [5.41, 5.74) is 0. The lowest BCUT2D eigenvalue weighted by molar-refractivity contribution is 0.276. The Labute approximate surface area is 89.1 Å². The molecule has 1 atom stereocenters. The summed E-state index contributed by atoms with van der Waals surface area (Å²) in [5, 5.41) is 3.55. The highest BCUT2D eigenvalue weighted by molar-refractivity contribution is 4.80. The molecule has 0 aromatic heterocycles. The molecule has 1 rings (SSSR count). The van der Waals surface area contributed by atoms with Crippen molar-refractivity contribution in [2.45, 2.75) is 45.6 Å². The summed E-state index contributed by atoms with van der Waals surface area (Å²) >= 11 is 0. The van der Waals surface area contributed by atoms with Gasteiger partial charge in [-0.1, -0.05) is 20.3 Å². The highest BCUT2D eigenvalue weighted by Crippen LogP contribution is 2.18. The highest BCUT2D eigenvalue weighted by Gasteiger charge is 2.19. The molecule has 1 saturated carbocycles. The molecule has 1 unspecified atom stereocenters. The van der Waals surface area contributed by atoms with Crippen molar-refractivity contribution in [2.75, 3.05) is 26.7 Å². The molecule has 0 saturated heterocycles. The summed E-state index contributed by atoms with van der Waals surface area (Å²) in [5.74, 6) is 0.853. The molecule has 1 aliphatic rings. The molecule has 0 amide bonds. The van der Waals surface area contributed by atoms with Gasteiger partial charge < -0.3 is 10.2 Å². The van der Waals surface area contributed by atoms with Crippen LogP contribution in [-0.4, -0.2) is 37.6 Å². The summed E-state index contributed by atoms with van der Waals surface area (Å²) in [7, 11) is 2.24. The monoisotopic (exact) mass is 198 g/mol. The van der Waals surface area contributed by atoms with Gasteiger partial charge in [-0.25, -0.2) is 0 Å². The number of hydrogen-bond donors (Lipinski definition) is 1. The molecule has 0 radical (unpaired) electrons. The lowest BCUT2D eigenvalue weighted by Crippen LogP contribution is -2.32. The number of nitrogens with zero attached hydrogens (tertiary/aromatic N) is 1. The van der Waals surface area contributed by atoms with Gasteiger partial charge in [0.15, 0.2) is 0 Å². The first-order valence-electron chi connectivity index (χ1n) is 6.14. The van der Waals surface area contributed by atoms with Crippen LogP contribution in [0.4, 0.5) is 0 Å². The molecular weight excluding hydrogens is 172 g/mol. The van der Waals surface area contributed by atoms with Crippen LogP contribution in [-0.2, 0) is 0 Å². The summed E-state index contributed by atoms with van der Waals surface area (Å²) < 4.78 is 0. The maximum atomic E-state index is 3.55. The van der Waals surface area contributed by atoms with Gasteiger partial charge in [-0.05, 0) is 32.2 Å². The van der Waals surface area contributed by atoms with Crippen molar-refractivity contribution in [3.8, 4) is 0 Å². The third kappa shape index (κ3) is 5.61. The first-order chi connectivity index (χ1) is 6.72. The molecule has 0 spiro atoms. The first-order valence-corrected chi connectivity index (χ1v) is 6.14. The number of nitrogens with one attached hydrogen (secondary N) is 1. The van der Waals surface area contributed by atoms with E-state index in [2.05, 4.69) is 31.1 Å². The maximum Gasteiger partial charge on any atom is 0.0104 e. The average molecular weight is 198 g/mol. The minimum Gasteiger partial charge on any atom is -0.313 e. The van der Waals surface area contributed by atoms with Crippen molar-refractivity contribution in [2.24, 2.45) is 5.92 Å². The fraction of sp³-hybridized carbons (Fsp3) is 1.00. The highest BCUT2D eigenvalue weighted by atomic mass is 15.1. The number of rotatable bonds is 8. The van der Waals surface area contributed by atoms with Crippen LogP contribution in [0.25, 0.3) is 0 Å². The van der Waals surface area contributed by atoms with Crippen LogP contribution in [0.2, 0.25) is 0 Å². The fourth-order valence-corrected chi connectivity index (χ4v) is 1.95. The van der Waals surface area contributed by atoms with E-state index >= 15 is 0 Å². The van der Waals surface area contributed by atoms with Crippen LogP contribution >= 0.6 is 0 Å². The van der Waals surface area contributed by atoms with Gasteiger partial charge in [-0.15, -0.1) is 0 Å². The lowest BCUT2D eigenvalue weighted by atomic mass is 10.1. The summed E-state index contributed by atoms with van der Waals surface area (Å²) in [4.78, 5) is 2.45. The Hall–Kier alpha value is -0.0800. The first kappa shape index (κ1) is 12.0. The molecule has 2 heteroatoms. The molecule has 0 aliphatic heterocycles. The average Bonchev–Trinajstić information content (AvgIpc) is 2.88. The number of likely N-dealkylation sites (N-methyl/N-ethyl adjacent to an activating group) is 1. The van der Waals surface area contributed by atoms with Crippen LogP contribution in [0, 0.1) is 5.92 Å². The Morgan fingerprint density at radius 3 is 2.71 bits per heavy atom. The molecule has 0 bridgehead atoms. The standard InChI is InChI=1S/C12H26N2/c1-4-5-11(2)10-14(3)9-8-13-12-6-7-12/h11-13H,4-10H2,1-3H3. The molecule has 0 aromatic carbocycles. The van der Waals surface area contributed by atoms with E-state index in [1.54, 1.807) is 0 Å². The van der Waals surface area contributed by atoms with Crippen LogP contribution in [0.5, 0.6) is 0 Å². The molecular formula is C12H26N2. The second kappa shape index (κ2) is 6.41. The van der Waals surface area contributed by atoms with Gasteiger partial charge in [0.1, 0.15) is 0 Å². The van der Waals surface area contributed by atoms with Gasteiger partial charge in [0, 0.05) is 25.7 Å². The Morgan fingerprint density at radius 1 is 1.43 bits per heavy atom. The minimum atomic E-state index is 0.853. The van der Waals surface area contributed by atoms with Gasteiger partial charge in [-0.3, -0.25) is 0 Å². The zero-order chi connectivity index (χ0) is 10.4. The van der Waals surface area contributed by atoms with Crippen molar-refractivity contribution in [1.29, 1.82) is 0 Å². The van der Waals surface area contributed by atoms with Gasteiger partial charge in [0.25, 0.3) is 0 Å². The molecule has 1 aliphatic carbocycles. The molecule has 0 heterocycles. The van der Waals surface area contributed by atoms with E-state index in [-0.39, 0.29) is 0 Å². The van der Waals surface area contributed by atoms with Gasteiger partial charge >= 0.3 is 0 Å². The zero-order valence-electron chi connectivity index (χ0n) is 10.1. The van der Waals surface area contributed by atoms with E-state index in [1.807, 2.05) is 0 Å². The predicted molar refractivity (Wildman–Crippen MR) is 62.6 cm³/mol. The van der Waals surface area contributed by atoms with Gasteiger partial charge in [0.2, 0.25) is 0 Å². The maximum absolute atomic E-state index is 3.55. The van der Waals surface area contributed by atoms with Crippen LogP contribution in [0.1, 0.15) is 39.5 Å². The van der Waals surface area contributed by atoms with Crippen molar-refractivity contribution in [1.82, 2.24) is 10.2 Å². The quantitative estimate of drug-likeness (QED) is 0.642. The van der Waals surface area contributed by atoms with E-state index in [1.165, 1.54) is 45.3 Å². The third-order valence-electron chi connectivity index (χ3n) is 2.91. The third-order valence-corrected chi connectivity index (χ3v) is 2.91. The van der Waals surface area contributed by atoms with Crippen molar-refractivity contribution in [3.63, 3.8) is 0 Å². The fourth-order valence-electron chi connectivity index (χ4n) is 1.95. The lowest BCUT2D eigenvalue weighted by Gasteiger charge is -2.21. The topological polar surface area (TPSA) is 15.3 Å². The number of hydrogen-bond acceptors (Lipinski definition) is 2. The van der Waals surface area contributed by atoms with Crippen LogP contribution in [0.15, 0.2) is 0 Å². The largest absolute Gasteiger partial charge is 0.313 e. The van der Waals surface area contributed by atoms with E-state index < -0.39 is 0 Å². The van der Waals surface area contributed by atoms with E-state index in [0.717, 1.165) is 12.0 Å². The zero-order valence-corrected chi connectivity index (χ0v) is 10.1. The Bertz CT molecular complexity index is 143. The molecule has 2 nitrogen and oxygen atoms in total. The van der Waals surface area contributed by atoms with Crippen LogP contribution < -0.4 is 5.32 Å². The Kier molecular flexibility index (Phi) is 5.49. The second-order valence-electron chi connectivity index (χ2n) is 4.88. The molecule has 1 fully saturated rings. The molecule has 84 valence electrons. The van der Waals surface area contributed by atoms with E-state index in [9.17, 15) is 0 Å². The van der Waals surface area contributed by atoms with Crippen LogP contribution in [0.3, 0.4) is 0 Å². The summed E-state index contributed by atoms with van der Waals surface area (Å²) in [6.07, 6.45) is 5.47. The van der Waals surface area contributed by atoms with E-state index in [0.29, 0.717) is 0 Å². The molecule has 1 N–H and O–H groups in total. The Balaban J connectivity index is 1.93. The van der Waals surface area contributed by atoms with Crippen molar-refractivity contribution < 1.29 is 0 Å². The smallest absolute Gasteiger partial charge is 0.0104 e. The van der Waals surface area contributed by atoms with E-state index in [4.69, 9.17) is 0 Å². The normalized spacial score (nSPS) is 18.9. The SMILES string of the molecule is CCCC(C)CN(C)CCNC1CC1. The summed E-state index contributed by atoms with van der Waals surface area (Å²) in [6, 6.07) is 0.858. The second-order valence-corrected chi connectivity index (χ2v) is 4.88. The van der Waals surface area contributed by atoms with Gasteiger partial charge in [0.05, 0.1) is 0 Å². The minimum absolute atomic E-state index is 0.853. The Morgan fingerprint density at radius 2 is 2.14 bits per heavy atom. The summed E-state index contributed by atoms with van der Waals surface area (Å²) in [6.45, 7) is 8.24. The van der Waals surface area contributed by atoms with Gasteiger partial charge in [-0.2, -0.15) is 0 Å². The van der Waals surface area contributed by atoms with Crippen molar-refractivity contribution >= 4 is 0 Å². The predicted octanol–water partition coefficient (Wildman–Crippen LogP) is 2.11. The molecule has 14 heavy (non-hydrogen) atoms. The molecule has 0 aromatic rings. The van der Waals surface area contributed by atoms with Crippen molar-refractivity contribution in [3.05, 3.63) is 0 Å².